The van der Waals surface area contributed by atoms with E-state index in [-0.39, 0.29) is 23.9 Å². The molecule has 1 aromatic carbocycles. The van der Waals surface area contributed by atoms with E-state index in [0.29, 0.717) is 24.0 Å². The number of rotatable bonds is 8. The van der Waals surface area contributed by atoms with Crippen LogP contribution in [0.5, 0.6) is 0 Å². The van der Waals surface area contributed by atoms with Crippen molar-refractivity contribution in [3.05, 3.63) is 47.9 Å². The minimum absolute atomic E-state index is 0.0385. The molecule has 2 amide bonds. The number of carbonyl (C=O) groups excluding carboxylic acids is 2. The summed E-state index contributed by atoms with van der Waals surface area (Å²) in [5, 5.41) is 7.02. The number of amides is 2. The first-order valence-electron chi connectivity index (χ1n) is 10.4. The summed E-state index contributed by atoms with van der Waals surface area (Å²) in [7, 11) is 0. The molecule has 7 heteroatoms. The molecule has 1 saturated heterocycles. The van der Waals surface area contributed by atoms with Crippen molar-refractivity contribution in [2.75, 3.05) is 18.0 Å². The molecular weight excluding hydrogens is 368 g/mol. The Kier molecular flexibility index (Phi) is 5.67. The van der Waals surface area contributed by atoms with Gasteiger partial charge in [0.25, 0.3) is 5.91 Å². The molecule has 2 heterocycles. The second kappa shape index (κ2) is 8.37. The third kappa shape index (κ3) is 4.50. The zero-order valence-electron chi connectivity index (χ0n) is 17.0. The lowest BCUT2D eigenvalue weighted by Gasteiger charge is -2.28. The third-order valence-corrected chi connectivity index (χ3v) is 5.76. The molecule has 0 bridgehead atoms. The summed E-state index contributed by atoms with van der Waals surface area (Å²) >= 11 is 0. The molecule has 2 aliphatic rings. The molecule has 29 heavy (non-hydrogen) atoms. The molecule has 1 saturated carbocycles. The van der Waals surface area contributed by atoms with Crippen molar-refractivity contribution in [3.63, 3.8) is 0 Å². The summed E-state index contributed by atoms with van der Waals surface area (Å²) in [6.07, 6.45) is 4.08. The molecule has 2 fully saturated rings. The van der Waals surface area contributed by atoms with E-state index >= 15 is 0 Å². The van der Waals surface area contributed by atoms with Gasteiger partial charge in [-0.3, -0.25) is 14.5 Å². The van der Waals surface area contributed by atoms with Gasteiger partial charge in [-0.2, -0.15) is 0 Å². The smallest absolute Gasteiger partial charge is 0.273 e. The second-order valence-corrected chi connectivity index (χ2v) is 8.35. The van der Waals surface area contributed by atoms with E-state index in [1.807, 2.05) is 44.2 Å². The molecule has 4 rings (SSSR count). The highest BCUT2D eigenvalue weighted by Crippen LogP contribution is 2.34. The number of carbonyl (C=O) groups is 2. The zero-order chi connectivity index (χ0) is 20.4. The number of anilines is 1. The van der Waals surface area contributed by atoms with E-state index in [0.717, 1.165) is 25.1 Å². The second-order valence-electron chi connectivity index (χ2n) is 8.35. The van der Waals surface area contributed by atoms with Crippen LogP contribution < -0.4 is 10.2 Å². The maximum Gasteiger partial charge on any atom is 0.273 e. The maximum atomic E-state index is 12.6. The van der Waals surface area contributed by atoms with Crippen molar-refractivity contribution in [2.24, 2.45) is 0 Å². The molecule has 154 valence electrons. The average molecular weight is 396 g/mol. The van der Waals surface area contributed by atoms with Gasteiger partial charge in [0, 0.05) is 48.9 Å². The van der Waals surface area contributed by atoms with Crippen LogP contribution in [0, 0.1) is 0 Å². The van der Waals surface area contributed by atoms with Crippen LogP contribution in [0.25, 0.3) is 0 Å². The van der Waals surface area contributed by atoms with Gasteiger partial charge < -0.3 is 14.7 Å². The Bertz CT molecular complexity index is 847. The van der Waals surface area contributed by atoms with Gasteiger partial charge in [-0.25, -0.2) is 0 Å². The van der Waals surface area contributed by atoms with Crippen LogP contribution >= 0.6 is 0 Å². The van der Waals surface area contributed by atoms with Crippen molar-refractivity contribution >= 4 is 18.0 Å². The molecule has 2 aromatic rings. The first kappa shape index (κ1) is 19.6. The first-order valence-corrected chi connectivity index (χ1v) is 10.4. The summed E-state index contributed by atoms with van der Waals surface area (Å²) in [6, 6.07) is 12.2. The number of aromatic nitrogens is 1. The highest BCUT2D eigenvalue weighted by Gasteiger charge is 2.42. The minimum atomic E-state index is -0.197. The number of likely N-dealkylation sites (tertiary alicyclic amines) is 1. The number of nitrogens with zero attached hydrogens (tertiary/aromatic N) is 3. The number of hydrogen-bond donors (Lipinski definition) is 1. The molecule has 1 aromatic heterocycles. The number of hydrogen-bond acceptors (Lipinski definition) is 5. The largest absolute Gasteiger partial charge is 0.360 e. The Morgan fingerprint density at radius 3 is 2.72 bits per heavy atom. The summed E-state index contributed by atoms with van der Waals surface area (Å²) in [5.41, 5.74) is 1.23. The van der Waals surface area contributed by atoms with Crippen LogP contribution in [0.3, 0.4) is 0 Å². The van der Waals surface area contributed by atoms with Gasteiger partial charge in [-0.05, 0) is 31.4 Å². The summed E-state index contributed by atoms with van der Waals surface area (Å²) in [6.45, 7) is 5.43. The topological polar surface area (TPSA) is 78.7 Å². The monoisotopic (exact) mass is 396 g/mol. The fourth-order valence-electron chi connectivity index (χ4n) is 4.06. The molecule has 2 atom stereocenters. The zero-order valence-corrected chi connectivity index (χ0v) is 17.0. The van der Waals surface area contributed by atoms with Crippen molar-refractivity contribution in [1.29, 1.82) is 0 Å². The quantitative estimate of drug-likeness (QED) is 0.694. The third-order valence-electron chi connectivity index (χ3n) is 5.76. The van der Waals surface area contributed by atoms with Crippen LogP contribution in [0.1, 0.15) is 55.3 Å². The standard InChI is InChI=1S/C22H28N4O3/c1-15(2)21-11-20(24-29-21)22(28)23-16-10-19(26(12-16)18-8-9-18)13-25(14-27)17-6-4-3-5-7-17/h3-7,11,14-16,18-19H,8-10,12-13H2,1-2H3,(H,23,28). The molecule has 1 aliphatic heterocycles. The summed E-state index contributed by atoms with van der Waals surface area (Å²) in [5.74, 6) is 0.707. The van der Waals surface area contributed by atoms with Gasteiger partial charge in [-0.1, -0.05) is 37.2 Å². The van der Waals surface area contributed by atoms with Crippen molar-refractivity contribution in [2.45, 2.75) is 57.2 Å². The molecule has 1 aliphatic carbocycles. The Morgan fingerprint density at radius 1 is 1.34 bits per heavy atom. The van der Waals surface area contributed by atoms with Crippen LogP contribution in [-0.2, 0) is 4.79 Å². The fraction of sp³-hybridized carbons (Fsp3) is 0.500. The molecule has 7 nitrogen and oxygen atoms in total. The van der Waals surface area contributed by atoms with Crippen LogP contribution in [0.15, 0.2) is 40.9 Å². The van der Waals surface area contributed by atoms with Gasteiger partial charge in [0.1, 0.15) is 5.76 Å². The molecular formula is C22H28N4O3. The lowest BCUT2D eigenvalue weighted by molar-refractivity contribution is -0.107. The lowest BCUT2D eigenvalue weighted by atomic mass is 10.1. The van der Waals surface area contributed by atoms with Crippen molar-refractivity contribution < 1.29 is 14.1 Å². The maximum absolute atomic E-state index is 12.6. The number of benzene rings is 1. The first-order chi connectivity index (χ1) is 14.0. The average Bonchev–Trinajstić information content (AvgIpc) is 3.29. The minimum Gasteiger partial charge on any atom is -0.360 e. The van der Waals surface area contributed by atoms with E-state index < -0.39 is 0 Å². The Hall–Kier alpha value is -2.67. The van der Waals surface area contributed by atoms with Crippen LogP contribution in [0.4, 0.5) is 5.69 Å². The van der Waals surface area contributed by atoms with Crippen molar-refractivity contribution in [3.8, 4) is 0 Å². The Balaban J connectivity index is 1.41. The highest BCUT2D eigenvalue weighted by molar-refractivity contribution is 5.92. The predicted octanol–water partition coefficient (Wildman–Crippen LogP) is 2.80. The highest BCUT2D eigenvalue weighted by atomic mass is 16.5. The van der Waals surface area contributed by atoms with Crippen molar-refractivity contribution in [1.82, 2.24) is 15.4 Å². The molecule has 2 unspecified atom stereocenters. The van der Waals surface area contributed by atoms with Gasteiger partial charge in [-0.15, -0.1) is 0 Å². The summed E-state index contributed by atoms with van der Waals surface area (Å²) in [4.78, 5) is 28.5. The van der Waals surface area contributed by atoms with Gasteiger partial charge in [0.2, 0.25) is 6.41 Å². The van der Waals surface area contributed by atoms with E-state index in [1.54, 1.807) is 11.0 Å². The van der Waals surface area contributed by atoms with Gasteiger partial charge in [0.05, 0.1) is 0 Å². The predicted molar refractivity (Wildman–Crippen MR) is 110 cm³/mol. The normalized spacial score (nSPS) is 22.0. The van der Waals surface area contributed by atoms with E-state index in [4.69, 9.17) is 4.52 Å². The molecule has 0 spiro atoms. The van der Waals surface area contributed by atoms with Gasteiger partial charge in [0.15, 0.2) is 5.69 Å². The number of nitrogens with one attached hydrogen (secondary N) is 1. The molecule has 1 N–H and O–H groups in total. The van der Waals surface area contributed by atoms with Crippen LogP contribution in [0.2, 0.25) is 0 Å². The molecule has 0 radical (unpaired) electrons. The Labute approximate surface area is 171 Å². The van der Waals surface area contributed by atoms with Crippen LogP contribution in [-0.4, -0.2) is 53.6 Å². The van der Waals surface area contributed by atoms with Gasteiger partial charge >= 0.3 is 0 Å². The van der Waals surface area contributed by atoms with E-state index in [9.17, 15) is 9.59 Å². The Morgan fingerprint density at radius 2 is 2.10 bits per heavy atom. The lowest BCUT2D eigenvalue weighted by Crippen LogP contribution is -2.41. The fourth-order valence-corrected chi connectivity index (χ4v) is 4.06. The van der Waals surface area contributed by atoms with E-state index in [1.165, 1.54) is 12.8 Å². The summed E-state index contributed by atoms with van der Waals surface area (Å²) < 4.78 is 5.25. The van der Waals surface area contributed by atoms with E-state index in [2.05, 4.69) is 15.4 Å². The SMILES string of the molecule is CC(C)c1cc(C(=O)NC2CC(CN(C=O)c3ccccc3)N(C3CC3)C2)no1. The number of para-hydroxylation sites is 1.